The molecule has 17 heavy (non-hydrogen) atoms. The molecule has 0 saturated heterocycles. The molecular weight excluding hydrogens is 218 g/mol. The highest BCUT2D eigenvalue weighted by atomic mass is 16.4. The summed E-state index contributed by atoms with van der Waals surface area (Å²) in [7, 11) is 0. The minimum Gasteiger partial charge on any atom is -0.465 e. The number of carbonyl (C=O) groups excluding carboxylic acids is 1. The molecule has 0 spiro atoms. The van der Waals surface area contributed by atoms with Crippen molar-refractivity contribution in [2.24, 2.45) is 0 Å². The SMILES string of the molecule is C=C(C)C(=O)N(CCCCCCCC)C(=O)O. The third-order valence-corrected chi connectivity index (χ3v) is 2.58. The van der Waals surface area contributed by atoms with Gasteiger partial charge in [-0.3, -0.25) is 4.79 Å². The van der Waals surface area contributed by atoms with Crippen LogP contribution in [0.1, 0.15) is 52.4 Å². The lowest BCUT2D eigenvalue weighted by atomic mass is 10.1. The Bertz CT molecular complexity index is 274. The fourth-order valence-corrected chi connectivity index (χ4v) is 1.56. The van der Waals surface area contributed by atoms with Crippen molar-refractivity contribution in [1.29, 1.82) is 0 Å². The first-order chi connectivity index (χ1) is 8.00. The van der Waals surface area contributed by atoms with E-state index in [4.69, 9.17) is 5.11 Å². The molecular formula is C13H23NO3. The van der Waals surface area contributed by atoms with E-state index in [0.29, 0.717) is 0 Å². The molecule has 0 unspecified atom stereocenters. The predicted molar refractivity (Wildman–Crippen MR) is 67.9 cm³/mol. The van der Waals surface area contributed by atoms with E-state index < -0.39 is 12.0 Å². The van der Waals surface area contributed by atoms with Gasteiger partial charge >= 0.3 is 6.09 Å². The summed E-state index contributed by atoms with van der Waals surface area (Å²) >= 11 is 0. The van der Waals surface area contributed by atoms with Gasteiger partial charge in [0.25, 0.3) is 5.91 Å². The van der Waals surface area contributed by atoms with Crippen LogP contribution in [0.4, 0.5) is 4.79 Å². The molecule has 0 aromatic heterocycles. The van der Waals surface area contributed by atoms with Gasteiger partial charge in [-0.05, 0) is 13.3 Å². The first-order valence-corrected chi connectivity index (χ1v) is 6.21. The van der Waals surface area contributed by atoms with Crippen LogP contribution >= 0.6 is 0 Å². The smallest absolute Gasteiger partial charge is 0.414 e. The number of carboxylic acid groups (broad SMARTS) is 1. The summed E-state index contributed by atoms with van der Waals surface area (Å²) < 4.78 is 0. The Morgan fingerprint density at radius 3 is 2.12 bits per heavy atom. The van der Waals surface area contributed by atoms with E-state index in [1.807, 2.05) is 0 Å². The Hall–Kier alpha value is -1.32. The first-order valence-electron chi connectivity index (χ1n) is 6.21. The second-order valence-electron chi connectivity index (χ2n) is 4.29. The quantitative estimate of drug-likeness (QED) is 0.523. The standard InChI is InChI=1S/C13H23NO3/c1-4-5-6-7-8-9-10-14(13(16)17)12(15)11(2)3/h2,4-10H2,1,3H3,(H,16,17). The molecule has 0 aliphatic carbocycles. The summed E-state index contributed by atoms with van der Waals surface area (Å²) in [5.41, 5.74) is 0.262. The molecule has 0 heterocycles. The van der Waals surface area contributed by atoms with E-state index in [1.54, 1.807) is 0 Å². The highest BCUT2D eigenvalue weighted by Crippen LogP contribution is 2.07. The molecule has 0 aromatic carbocycles. The van der Waals surface area contributed by atoms with Crippen LogP contribution < -0.4 is 0 Å². The molecule has 0 saturated carbocycles. The van der Waals surface area contributed by atoms with Gasteiger partial charge in [-0.15, -0.1) is 0 Å². The van der Waals surface area contributed by atoms with Gasteiger partial charge in [0.2, 0.25) is 0 Å². The minimum atomic E-state index is -1.19. The Morgan fingerprint density at radius 2 is 1.65 bits per heavy atom. The number of nitrogens with zero attached hydrogens (tertiary/aromatic N) is 1. The van der Waals surface area contributed by atoms with Gasteiger partial charge < -0.3 is 5.11 Å². The van der Waals surface area contributed by atoms with Gasteiger partial charge in [0.15, 0.2) is 0 Å². The summed E-state index contributed by atoms with van der Waals surface area (Å²) in [4.78, 5) is 23.2. The summed E-state index contributed by atoms with van der Waals surface area (Å²) in [5.74, 6) is -0.494. The number of carbonyl (C=O) groups is 2. The number of amides is 2. The van der Waals surface area contributed by atoms with E-state index in [2.05, 4.69) is 13.5 Å². The summed E-state index contributed by atoms with van der Waals surface area (Å²) in [5, 5.41) is 8.90. The van der Waals surface area contributed by atoms with Crippen LogP contribution in [0.2, 0.25) is 0 Å². The maximum absolute atomic E-state index is 11.5. The number of imide groups is 1. The van der Waals surface area contributed by atoms with Crippen molar-refractivity contribution >= 4 is 12.0 Å². The Balaban J connectivity index is 3.91. The monoisotopic (exact) mass is 241 g/mol. The van der Waals surface area contributed by atoms with E-state index >= 15 is 0 Å². The lowest BCUT2D eigenvalue weighted by Gasteiger charge is -2.16. The van der Waals surface area contributed by atoms with Gasteiger partial charge in [0, 0.05) is 12.1 Å². The largest absolute Gasteiger partial charge is 0.465 e. The average Bonchev–Trinajstić information content (AvgIpc) is 2.26. The fraction of sp³-hybridized carbons (Fsp3) is 0.692. The minimum absolute atomic E-state index is 0.262. The zero-order valence-electron chi connectivity index (χ0n) is 10.9. The molecule has 4 nitrogen and oxygen atoms in total. The van der Waals surface area contributed by atoms with Gasteiger partial charge in [-0.2, -0.15) is 0 Å². The van der Waals surface area contributed by atoms with Crippen molar-refractivity contribution in [2.75, 3.05) is 6.54 Å². The van der Waals surface area contributed by atoms with Gasteiger partial charge in [-0.25, -0.2) is 9.69 Å². The molecule has 0 radical (unpaired) electrons. The molecule has 1 N–H and O–H groups in total. The van der Waals surface area contributed by atoms with Crippen LogP contribution in [0.3, 0.4) is 0 Å². The average molecular weight is 241 g/mol. The molecule has 0 atom stereocenters. The zero-order chi connectivity index (χ0) is 13.3. The third kappa shape index (κ3) is 6.76. The highest BCUT2D eigenvalue weighted by molar-refractivity contribution is 6.01. The van der Waals surface area contributed by atoms with E-state index in [0.717, 1.165) is 24.2 Å². The topological polar surface area (TPSA) is 57.6 Å². The maximum atomic E-state index is 11.5. The maximum Gasteiger partial charge on any atom is 0.414 e. The van der Waals surface area contributed by atoms with Gasteiger partial charge in [-0.1, -0.05) is 45.6 Å². The molecule has 0 aromatic rings. The van der Waals surface area contributed by atoms with Crippen molar-refractivity contribution < 1.29 is 14.7 Å². The summed E-state index contributed by atoms with van der Waals surface area (Å²) in [6.07, 6.45) is 5.19. The van der Waals surface area contributed by atoms with Crippen molar-refractivity contribution in [3.8, 4) is 0 Å². The lowest BCUT2D eigenvalue weighted by molar-refractivity contribution is -0.125. The Kier molecular flexibility index (Phi) is 8.11. The molecule has 0 rings (SSSR count). The molecule has 0 aliphatic heterocycles. The number of hydrogen-bond donors (Lipinski definition) is 1. The van der Waals surface area contributed by atoms with Crippen molar-refractivity contribution in [3.63, 3.8) is 0 Å². The zero-order valence-corrected chi connectivity index (χ0v) is 10.9. The van der Waals surface area contributed by atoms with Crippen molar-refractivity contribution in [3.05, 3.63) is 12.2 Å². The van der Waals surface area contributed by atoms with Crippen LogP contribution in [0, 0.1) is 0 Å². The summed E-state index contributed by atoms with van der Waals surface area (Å²) in [6.45, 7) is 7.42. The van der Waals surface area contributed by atoms with E-state index in [-0.39, 0.29) is 12.1 Å². The number of unbranched alkanes of at least 4 members (excludes halogenated alkanes) is 5. The predicted octanol–water partition coefficient (Wildman–Crippen LogP) is 3.43. The third-order valence-electron chi connectivity index (χ3n) is 2.58. The Labute approximate surface area is 103 Å². The molecule has 0 bridgehead atoms. The van der Waals surface area contributed by atoms with Crippen molar-refractivity contribution in [2.45, 2.75) is 52.4 Å². The fourth-order valence-electron chi connectivity index (χ4n) is 1.56. The molecule has 0 fully saturated rings. The van der Waals surface area contributed by atoms with Gasteiger partial charge in [0.1, 0.15) is 0 Å². The van der Waals surface area contributed by atoms with E-state index in [9.17, 15) is 9.59 Å². The second-order valence-corrected chi connectivity index (χ2v) is 4.29. The summed E-state index contributed by atoms with van der Waals surface area (Å²) in [6, 6.07) is 0. The Morgan fingerprint density at radius 1 is 1.12 bits per heavy atom. The normalized spacial score (nSPS) is 10.0. The lowest BCUT2D eigenvalue weighted by Crippen LogP contribution is -2.36. The first kappa shape index (κ1) is 15.7. The van der Waals surface area contributed by atoms with Crippen molar-refractivity contribution in [1.82, 2.24) is 4.90 Å². The van der Waals surface area contributed by atoms with Crippen LogP contribution in [-0.4, -0.2) is 28.6 Å². The van der Waals surface area contributed by atoms with Crippen LogP contribution in [0.5, 0.6) is 0 Å². The number of hydrogen-bond acceptors (Lipinski definition) is 2. The van der Waals surface area contributed by atoms with E-state index in [1.165, 1.54) is 26.2 Å². The molecule has 0 aliphatic rings. The van der Waals surface area contributed by atoms with Crippen LogP contribution in [0.25, 0.3) is 0 Å². The molecule has 2 amide bonds. The molecule has 98 valence electrons. The van der Waals surface area contributed by atoms with Crippen LogP contribution in [0.15, 0.2) is 12.2 Å². The highest BCUT2D eigenvalue weighted by Gasteiger charge is 2.19. The van der Waals surface area contributed by atoms with Gasteiger partial charge in [0.05, 0.1) is 0 Å². The van der Waals surface area contributed by atoms with Crippen LogP contribution in [-0.2, 0) is 4.79 Å². The second kappa shape index (κ2) is 8.79. The molecule has 4 heteroatoms. The number of rotatable bonds is 8.